The monoisotopic (exact) mass is 265 g/mol. The summed E-state index contributed by atoms with van der Waals surface area (Å²) in [5.41, 5.74) is 4.60. The number of rotatable bonds is 2. The summed E-state index contributed by atoms with van der Waals surface area (Å²) in [6.07, 6.45) is 3.11. The minimum atomic E-state index is -0.0127. The van der Waals surface area contributed by atoms with Crippen molar-refractivity contribution in [2.24, 2.45) is 0 Å². The number of hydrogen-bond acceptors (Lipinski definition) is 1. The normalized spacial score (nSPS) is 17.4. The molecule has 2 aromatic rings. The van der Waals surface area contributed by atoms with Gasteiger partial charge in [-0.2, -0.15) is 0 Å². The Labute approximate surface area is 119 Å². The van der Waals surface area contributed by atoms with Gasteiger partial charge in [0.15, 0.2) is 0 Å². The molecule has 0 bridgehead atoms. The Morgan fingerprint density at radius 1 is 1.10 bits per heavy atom. The first-order valence-electron chi connectivity index (χ1n) is 7.19. The Balaban J connectivity index is 1.80. The maximum Gasteiger partial charge on any atom is 0.231 e. The van der Waals surface area contributed by atoms with E-state index in [1.54, 1.807) is 0 Å². The minimum absolute atomic E-state index is 0.0127. The Bertz CT molecular complexity index is 616. The van der Waals surface area contributed by atoms with Gasteiger partial charge < -0.3 is 5.32 Å². The lowest BCUT2D eigenvalue weighted by Gasteiger charge is -2.24. The van der Waals surface area contributed by atoms with Crippen LogP contribution in [0, 0.1) is 6.92 Å². The van der Waals surface area contributed by atoms with Crippen LogP contribution in [0.25, 0.3) is 0 Å². The van der Waals surface area contributed by atoms with E-state index in [-0.39, 0.29) is 11.8 Å². The van der Waals surface area contributed by atoms with Crippen LogP contribution in [0.15, 0.2) is 48.5 Å². The number of nitrogens with one attached hydrogen (secondary N) is 1. The predicted molar refractivity (Wildman–Crippen MR) is 81.9 cm³/mol. The van der Waals surface area contributed by atoms with Gasteiger partial charge in [0.25, 0.3) is 0 Å². The van der Waals surface area contributed by atoms with Crippen LogP contribution in [0.3, 0.4) is 0 Å². The summed E-state index contributed by atoms with van der Waals surface area (Å²) in [4.78, 5) is 12.5. The molecule has 1 aliphatic rings. The van der Waals surface area contributed by atoms with Crippen LogP contribution in [0.5, 0.6) is 0 Å². The van der Waals surface area contributed by atoms with E-state index in [1.807, 2.05) is 37.3 Å². The van der Waals surface area contributed by atoms with E-state index in [0.717, 1.165) is 24.9 Å². The Hall–Kier alpha value is -2.09. The zero-order valence-electron chi connectivity index (χ0n) is 11.7. The van der Waals surface area contributed by atoms with E-state index < -0.39 is 0 Å². The molecule has 3 rings (SSSR count). The van der Waals surface area contributed by atoms with Crippen LogP contribution in [0.4, 0.5) is 5.69 Å². The number of aryl methyl sites for hydroxylation is 2. The quantitative estimate of drug-likeness (QED) is 0.872. The third kappa shape index (κ3) is 2.60. The number of carbonyl (C=O) groups excluding carboxylic acids is 1. The summed E-state index contributed by atoms with van der Waals surface area (Å²) in [5.74, 6) is 0.0993. The lowest BCUT2D eigenvalue weighted by atomic mass is 9.82. The molecule has 1 amide bonds. The first-order valence-corrected chi connectivity index (χ1v) is 7.19. The van der Waals surface area contributed by atoms with Crippen LogP contribution < -0.4 is 5.32 Å². The topological polar surface area (TPSA) is 29.1 Å². The van der Waals surface area contributed by atoms with Gasteiger partial charge >= 0.3 is 0 Å². The average molecular weight is 265 g/mol. The van der Waals surface area contributed by atoms with Gasteiger partial charge in [0.1, 0.15) is 0 Å². The van der Waals surface area contributed by atoms with Crippen LogP contribution in [0.2, 0.25) is 0 Å². The van der Waals surface area contributed by atoms with Crippen molar-refractivity contribution in [3.63, 3.8) is 0 Å². The van der Waals surface area contributed by atoms with Crippen molar-refractivity contribution in [2.45, 2.75) is 32.1 Å². The molecule has 0 radical (unpaired) electrons. The first kappa shape index (κ1) is 12.9. The number of amides is 1. The van der Waals surface area contributed by atoms with E-state index in [1.165, 1.54) is 16.7 Å². The summed E-state index contributed by atoms with van der Waals surface area (Å²) in [6.45, 7) is 2.04. The molecule has 2 heteroatoms. The number of hydrogen-bond donors (Lipinski definition) is 1. The van der Waals surface area contributed by atoms with Gasteiger partial charge in [-0.25, -0.2) is 0 Å². The highest BCUT2D eigenvalue weighted by atomic mass is 16.1. The standard InChI is InChI=1S/C18H19NO/c1-13-9-11-15(12-10-13)19-18(20)17-8-4-6-14-5-2-3-7-16(14)17/h2-3,5,7,9-12,17H,4,6,8H2,1H3,(H,19,20). The van der Waals surface area contributed by atoms with Crippen LogP contribution in [-0.4, -0.2) is 5.91 Å². The highest BCUT2D eigenvalue weighted by molar-refractivity contribution is 5.96. The molecule has 2 nitrogen and oxygen atoms in total. The lowest BCUT2D eigenvalue weighted by Crippen LogP contribution is -2.24. The summed E-state index contributed by atoms with van der Waals surface area (Å²) in [7, 11) is 0. The van der Waals surface area contributed by atoms with Crippen molar-refractivity contribution >= 4 is 11.6 Å². The largest absolute Gasteiger partial charge is 0.326 e. The molecule has 2 aromatic carbocycles. The SMILES string of the molecule is Cc1ccc(NC(=O)C2CCCc3ccccc32)cc1. The van der Waals surface area contributed by atoms with Gasteiger partial charge in [0.2, 0.25) is 5.91 Å². The maximum atomic E-state index is 12.5. The fourth-order valence-corrected chi connectivity index (χ4v) is 2.89. The molecular formula is C18H19NO. The molecule has 20 heavy (non-hydrogen) atoms. The van der Waals surface area contributed by atoms with Crippen LogP contribution in [-0.2, 0) is 11.2 Å². The highest BCUT2D eigenvalue weighted by Gasteiger charge is 2.25. The van der Waals surface area contributed by atoms with Gasteiger partial charge in [0.05, 0.1) is 5.92 Å². The molecular weight excluding hydrogens is 246 g/mol. The smallest absolute Gasteiger partial charge is 0.231 e. The first-order chi connectivity index (χ1) is 9.74. The zero-order valence-corrected chi connectivity index (χ0v) is 11.7. The van der Waals surface area contributed by atoms with Gasteiger partial charge in [-0.15, -0.1) is 0 Å². The zero-order chi connectivity index (χ0) is 13.9. The van der Waals surface area contributed by atoms with Gasteiger partial charge in [0, 0.05) is 5.69 Å². The molecule has 0 saturated carbocycles. The predicted octanol–water partition coefficient (Wildman–Crippen LogP) is 4.05. The summed E-state index contributed by atoms with van der Waals surface area (Å²) in [6, 6.07) is 16.3. The third-order valence-corrected chi connectivity index (χ3v) is 4.01. The fraction of sp³-hybridized carbons (Fsp3) is 0.278. The van der Waals surface area contributed by atoms with E-state index in [4.69, 9.17) is 0 Å². The number of benzene rings is 2. The van der Waals surface area contributed by atoms with E-state index in [9.17, 15) is 4.79 Å². The second-order valence-electron chi connectivity index (χ2n) is 5.50. The second kappa shape index (κ2) is 5.49. The molecule has 1 atom stereocenters. The van der Waals surface area contributed by atoms with Gasteiger partial charge in [-0.1, -0.05) is 42.0 Å². The number of anilines is 1. The summed E-state index contributed by atoms with van der Waals surface area (Å²) >= 11 is 0. The molecule has 1 unspecified atom stereocenters. The molecule has 0 fully saturated rings. The van der Waals surface area contributed by atoms with E-state index in [0.29, 0.717) is 0 Å². The Morgan fingerprint density at radius 2 is 1.85 bits per heavy atom. The Kier molecular flexibility index (Phi) is 3.55. The molecule has 0 saturated heterocycles. The molecule has 0 spiro atoms. The third-order valence-electron chi connectivity index (χ3n) is 4.01. The summed E-state index contributed by atoms with van der Waals surface area (Å²) < 4.78 is 0. The molecule has 0 aliphatic heterocycles. The maximum absolute atomic E-state index is 12.5. The van der Waals surface area contributed by atoms with E-state index >= 15 is 0 Å². The van der Waals surface area contributed by atoms with Crippen molar-refractivity contribution in [3.05, 3.63) is 65.2 Å². The van der Waals surface area contributed by atoms with Gasteiger partial charge in [-0.3, -0.25) is 4.79 Å². The Morgan fingerprint density at radius 3 is 2.65 bits per heavy atom. The highest BCUT2D eigenvalue weighted by Crippen LogP contribution is 2.32. The van der Waals surface area contributed by atoms with Crippen molar-refractivity contribution in [1.82, 2.24) is 0 Å². The van der Waals surface area contributed by atoms with Crippen LogP contribution >= 0.6 is 0 Å². The molecule has 0 heterocycles. The van der Waals surface area contributed by atoms with E-state index in [2.05, 4.69) is 23.5 Å². The average Bonchev–Trinajstić information content (AvgIpc) is 2.49. The second-order valence-corrected chi connectivity index (χ2v) is 5.50. The minimum Gasteiger partial charge on any atom is -0.326 e. The van der Waals surface area contributed by atoms with Crippen molar-refractivity contribution in [1.29, 1.82) is 0 Å². The molecule has 1 N–H and O–H groups in total. The molecule has 0 aromatic heterocycles. The van der Waals surface area contributed by atoms with Crippen molar-refractivity contribution in [3.8, 4) is 0 Å². The van der Waals surface area contributed by atoms with Crippen molar-refractivity contribution in [2.75, 3.05) is 5.32 Å². The van der Waals surface area contributed by atoms with Crippen LogP contribution in [0.1, 0.15) is 35.4 Å². The summed E-state index contributed by atoms with van der Waals surface area (Å²) in [5, 5.41) is 3.04. The molecule has 102 valence electrons. The fourth-order valence-electron chi connectivity index (χ4n) is 2.89. The number of fused-ring (bicyclic) bond motifs is 1. The number of carbonyl (C=O) groups is 1. The van der Waals surface area contributed by atoms with Gasteiger partial charge in [-0.05, 0) is 49.4 Å². The lowest BCUT2D eigenvalue weighted by molar-refractivity contribution is -0.117. The van der Waals surface area contributed by atoms with Crippen molar-refractivity contribution < 1.29 is 4.79 Å². The molecule has 1 aliphatic carbocycles.